The van der Waals surface area contributed by atoms with E-state index in [-0.39, 0.29) is 0 Å². The summed E-state index contributed by atoms with van der Waals surface area (Å²) in [5.74, 6) is 0. The zero-order chi connectivity index (χ0) is 8.74. The Morgan fingerprint density at radius 1 is 1.36 bits per heavy atom. The fraction of sp³-hybridized carbons (Fsp3) is 1.00. The SMILES string of the molecule is CCCCCOP(C)(=O)OC. The molecule has 0 spiro atoms. The van der Waals surface area contributed by atoms with Crippen LogP contribution in [0.25, 0.3) is 0 Å². The molecule has 1 atom stereocenters. The van der Waals surface area contributed by atoms with Gasteiger partial charge >= 0.3 is 7.60 Å². The fourth-order valence-corrected chi connectivity index (χ4v) is 1.20. The van der Waals surface area contributed by atoms with Gasteiger partial charge in [0.2, 0.25) is 0 Å². The summed E-state index contributed by atoms with van der Waals surface area (Å²) in [6, 6.07) is 0. The highest BCUT2D eigenvalue weighted by Crippen LogP contribution is 2.42. The highest BCUT2D eigenvalue weighted by Gasteiger charge is 2.12. The summed E-state index contributed by atoms with van der Waals surface area (Å²) in [7, 11) is -1.31. The second kappa shape index (κ2) is 5.76. The van der Waals surface area contributed by atoms with E-state index in [1.807, 2.05) is 0 Å². The van der Waals surface area contributed by atoms with Gasteiger partial charge < -0.3 is 9.05 Å². The minimum atomic E-state index is -2.71. The molecular formula is C7H17O3P. The normalized spacial score (nSPS) is 16.3. The molecule has 0 saturated carbocycles. The molecular weight excluding hydrogens is 163 g/mol. The molecule has 0 amide bonds. The maximum absolute atomic E-state index is 11.1. The summed E-state index contributed by atoms with van der Waals surface area (Å²) in [5.41, 5.74) is 0. The summed E-state index contributed by atoms with van der Waals surface area (Å²) < 4.78 is 20.8. The fourth-order valence-electron chi connectivity index (χ4n) is 0.635. The minimum absolute atomic E-state index is 0.537. The molecule has 0 saturated heterocycles. The van der Waals surface area contributed by atoms with Crippen molar-refractivity contribution in [3.63, 3.8) is 0 Å². The Hall–Kier alpha value is 0.150. The quantitative estimate of drug-likeness (QED) is 0.465. The van der Waals surface area contributed by atoms with E-state index in [9.17, 15) is 4.57 Å². The van der Waals surface area contributed by atoms with Gasteiger partial charge in [0.25, 0.3) is 0 Å². The van der Waals surface area contributed by atoms with Crippen molar-refractivity contribution in [3.05, 3.63) is 0 Å². The molecule has 11 heavy (non-hydrogen) atoms. The molecule has 0 heterocycles. The molecule has 0 aliphatic rings. The molecule has 3 nitrogen and oxygen atoms in total. The average Bonchev–Trinajstić information content (AvgIpc) is 1.99. The molecule has 1 unspecified atom stereocenters. The summed E-state index contributed by atoms with van der Waals surface area (Å²) >= 11 is 0. The molecule has 0 bridgehead atoms. The van der Waals surface area contributed by atoms with Crippen LogP contribution >= 0.6 is 7.60 Å². The third kappa shape index (κ3) is 6.54. The van der Waals surface area contributed by atoms with Gasteiger partial charge in [0.05, 0.1) is 6.61 Å². The standard InChI is InChI=1S/C7H17O3P/c1-4-5-6-7-10-11(3,8)9-2/h4-7H2,1-3H3. The third-order valence-electron chi connectivity index (χ3n) is 1.41. The van der Waals surface area contributed by atoms with Gasteiger partial charge in [-0.25, -0.2) is 0 Å². The van der Waals surface area contributed by atoms with E-state index in [4.69, 9.17) is 4.52 Å². The van der Waals surface area contributed by atoms with E-state index in [0.717, 1.165) is 19.3 Å². The van der Waals surface area contributed by atoms with Crippen molar-refractivity contribution in [2.75, 3.05) is 20.4 Å². The first kappa shape index (κ1) is 11.2. The molecule has 0 aromatic heterocycles. The van der Waals surface area contributed by atoms with E-state index in [0.29, 0.717) is 6.61 Å². The Morgan fingerprint density at radius 2 is 2.00 bits per heavy atom. The van der Waals surface area contributed by atoms with Gasteiger partial charge in [-0.3, -0.25) is 4.57 Å². The second-order valence-corrected chi connectivity index (χ2v) is 4.66. The smallest absolute Gasteiger partial charge is 0.312 e. The van der Waals surface area contributed by atoms with Crippen molar-refractivity contribution < 1.29 is 13.6 Å². The first-order valence-corrected chi connectivity index (χ1v) is 5.89. The molecule has 0 aliphatic carbocycles. The predicted octanol–water partition coefficient (Wildman–Crippen LogP) is 2.66. The monoisotopic (exact) mass is 180 g/mol. The highest BCUT2D eigenvalue weighted by atomic mass is 31.2. The lowest BCUT2D eigenvalue weighted by atomic mass is 10.3. The molecule has 0 N–H and O–H groups in total. The number of hydrogen-bond donors (Lipinski definition) is 0. The van der Waals surface area contributed by atoms with Crippen LogP contribution in [0, 0.1) is 0 Å². The van der Waals surface area contributed by atoms with Gasteiger partial charge in [0.15, 0.2) is 0 Å². The molecule has 0 fully saturated rings. The van der Waals surface area contributed by atoms with Crippen molar-refractivity contribution in [2.24, 2.45) is 0 Å². The Kier molecular flexibility index (Phi) is 5.83. The Balaban J connectivity index is 3.31. The van der Waals surface area contributed by atoms with E-state index < -0.39 is 7.60 Å². The molecule has 4 heteroatoms. The van der Waals surface area contributed by atoms with Crippen LogP contribution in [0.5, 0.6) is 0 Å². The van der Waals surface area contributed by atoms with Crippen LogP contribution in [0.2, 0.25) is 0 Å². The lowest BCUT2D eigenvalue weighted by Crippen LogP contribution is -1.93. The largest absolute Gasteiger partial charge is 0.327 e. The summed E-state index contributed by atoms with van der Waals surface area (Å²) in [5, 5.41) is 0. The summed E-state index contributed by atoms with van der Waals surface area (Å²) in [6.45, 7) is 4.14. The zero-order valence-corrected chi connectivity index (χ0v) is 8.39. The Labute approximate surface area is 68.6 Å². The average molecular weight is 180 g/mol. The van der Waals surface area contributed by atoms with Gasteiger partial charge in [-0.05, 0) is 6.42 Å². The van der Waals surface area contributed by atoms with Crippen molar-refractivity contribution in [1.29, 1.82) is 0 Å². The van der Waals surface area contributed by atoms with Crippen LogP contribution in [-0.4, -0.2) is 20.4 Å². The third-order valence-corrected chi connectivity index (χ3v) is 2.72. The van der Waals surface area contributed by atoms with E-state index >= 15 is 0 Å². The minimum Gasteiger partial charge on any atom is -0.312 e. The molecule has 0 aromatic rings. The lowest BCUT2D eigenvalue weighted by molar-refractivity contribution is 0.234. The van der Waals surface area contributed by atoms with E-state index in [1.165, 1.54) is 13.8 Å². The van der Waals surface area contributed by atoms with Gasteiger partial charge in [-0.15, -0.1) is 0 Å². The zero-order valence-electron chi connectivity index (χ0n) is 7.50. The van der Waals surface area contributed by atoms with Crippen LogP contribution in [-0.2, 0) is 13.6 Å². The van der Waals surface area contributed by atoms with Crippen molar-refractivity contribution in [3.8, 4) is 0 Å². The van der Waals surface area contributed by atoms with E-state index in [1.54, 1.807) is 0 Å². The molecule has 0 radical (unpaired) electrons. The van der Waals surface area contributed by atoms with Crippen LogP contribution in [0.3, 0.4) is 0 Å². The number of hydrogen-bond acceptors (Lipinski definition) is 3. The van der Waals surface area contributed by atoms with Crippen molar-refractivity contribution in [2.45, 2.75) is 26.2 Å². The number of rotatable bonds is 6. The summed E-state index contributed by atoms with van der Waals surface area (Å²) in [4.78, 5) is 0. The van der Waals surface area contributed by atoms with Crippen molar-refractivity contribution in [1.82, 2.24) is 0 Å². The van der Waals surface area contributed by atoms with Crippen molar-refractivity contribution >= 4 is 7.60 Å². The molecule has 68 valence electrons. The van der Waals surface area contributed by atoms with Crippen LogP contribution in [0.1, 0.15) is 26.2 Å². The Morgan fingerprint density at radius 3 is 2.45 bits per heavy atom. The van der Waals surface area contributed by atoms with Crippen LogP contribution in [0.4, 0.5) is 0 Å². The highest BCUT2D eigenvalue weighted by molar-refractivity contribution is 7.52. The second-order valence-electron chi connectivity index (χ2n) is 2.49. The first-order valence-electron chi connectivity index (χ1n) is 3.90. The molecule has 0 aliphatic heterocycles. The van der Waals surface area contributed by atoms with Gasteiger partial charge in [-0.1, -0.05) is 19.8 Å². The topological polar surface area (TPSA) is 35.5 Å². The number of unbranched alkanes of at least 4 members (excludes halogenated alkanes) is 2. The Bertz CT molecular complexity index is 136. The van der Waals surface area contributed by atoms with Crippen LogP contribution in [0.15, 0.2) is 0 Å². The first-order chi connectivity index (χ1) is 5.12. The van der Waals surface area contributed by atoms with Gasteiger partial charge in [0.1, 0.15) is 0 Å². The van der Waals surface area contributed by atoms with E-state index in [2.05, 4.69) is 11.4 Å². The maximum Gasteiger partial charge on any atom is 0.327 e. The maximum atomic E-state index is 11.1. The lowest BCUT2D eigenvalue weighted by Gasteiger charge is -2.10. The van der Waals surface area contributed by atoms with Gasteiger partial charge in [0, 0.05) is 13.8 Å². The predicted molar refractivity (Wildman–Crippen MR) is 46.0 cm³/mol. The molecule has 0 aromatic carbocycles. The summed E-state index contributed by atoms with van der Waals surface area (Å²) in [6.07, 6.45) is 3.21. The van der Waals surface area contributed by atoms with Gasteiger partial charge in [-0.2, -0.15) is 0 Å². The van der Waals surface area contributed by atoms with Crippen LogP contribution < -0.4 is 0 Å². The molecule has 0 rings (SSSR count).